The normalized spacial score (nSPS) is 16.5. The van der Waals surface area contributed by atoms with E-state index in [1.807, 2.05) is 37.3 Å². The van der Waals surface area contributed by atoms with Crippen molar-refractivity contribution in [2.24, 2.45) is 17.8 Å². The number of aromatic nitrogens is 4. The van der Waals surface area contributed by atoms with Crippen molar-refractivity contribution >= 4 is 29.3 Å². The van der Waals surface area contributed by atoms with Gasteiger partial charge in [0.2, 0.25) is 11.8 Å². The quantitative estimate of drug-likeness (QED) is 0.365. The van der Waals surface area contributed by atoms with Gasteiger partial charge in [0.15, 0.2) is 5.15 Å². The molecule has 0 saturated heterocycles. The number of methoxy groups -OCH3 is 1. The number of hydrogen-bond donors (Lipinski definition) is 2. The van der Waals surface area contributed by atoms with Crippen LogP contribution in [0, 0.1) is 17.8 Å². The molecule has 10 nitrogen and oxygen atoms in total. The van der Waals surface area contributed by atoms with E-state index in [9.17, 15) is 9.59 Å². The molecule has 38 heavy (non-hydrogen) atoms. The molecule has 2 aliphatic carbocycles. The molecule has 2 saturated carbocycles. The van der Waals surface area contributed by atoms with Crippen LogP contribution in [-0.2, 0) is 16.1 Å². The number of carbonyl (C=O) groups excluding carboxylic acids is 2. The van der Waals surface area contributed by atoms with Crippen molar-refractivity contribution in [3.8, 4) is 5.88 Å². The van der Waals surface area contributed by atoms with E-state index in [2.05, 4.69) is 25.9 Å². The van der Waals surface area contributed by atoms with E-state index in [1.165, 1.54) is 7.11 Å². The van der Waals surface area contributed by atoms with E-state index in [1.54, 1.807) is 23.1 Å². The number of ether oxygens (including phenoxy) is 2. The molecule has 0 bridgehead atoms. The highest BCUT2D eigenvalue weighted by atomic mass is 35.5. The Labute approximate surface area is 226 Å². The van der Waals surface area contributed by atoms with Crippen LogP contribution in [0.1, 0.15) is 49.8 Å². The zero-order valence-corrected chi connectivity index (χ0v) is 22.1. The van der Waals surface area contributed by atoms with Crippen LogP contribution in [0.4, 0.5) is 10.5 Å². The number of benzene rings is 1. The lowest BCUT2D eigenvalue weighted by atomic mass is 9.89. The Kier molecular flexibility index (Phi) is 7.78. The van der Waals surface area contributed by atoms with Crippen LogP contribution in [0.15, 0.2) is 48.8 Å². The van der Waals surface area contributed by atoms with Crippen molar-refractivity contribution in [1.29, 1.82) is 0 Å². The van der Waals surface area contributed by atoms with Crippen molar-refractivity contribution in [2.45, 2.75) is 51.3 Å². The minimum Gasteiger partial charge on any atom is -0.480 e. The molecule has 0 spiro atoms. The fraction of sp³-hybridized carbons (Fsp3) is 0.444. The van der Waals surface area contributed by atoms with Crippen LogP contribution in [0.25, 0.3) is 0 Å². The van der Waals surface area contributed by atoms with Gasteiger partial charge in [-0.05, 0) is 62.0 Å². The predicted molar refractivity (Wildman–Crippen MR) is 141 cm³/mol. The first-order valence-corrected chi connectivity index (χ1v) is 13.2. The summed E-state index contributed by atoms with van der Waals surface area (Å²) in [7, 11) is 1.51. The molecule has 2 amide bonds. The lowest BCUT2D eigenvalue weighted by Crippen LogP contribution is -2.50. The maximum atomic E-state index is 13.5. The first-order chi connectivity index (χ1) is 18.4. The summed E-state index contributed by atoms with van der Waals surface area (Å²) in [6.07, 6.45) is 7.00. The number of halogens is 1. The highest BCUT2D eigenvalue weighted by Gasteiger charge is 2.48. The minimum atomic E-state index is -0.692. The molecule has 2 N–H and O–H groups in total. The standard InChI is InChI=1S/C27H31ClN6O4/c1-16(21-12-22(28)32-33-26(21)37-2)34-14-20(13-29-34)30-25(35)24(23(18-8-9-18)19-10-11-19)31-27(36)38-15-17-6-4-3-5-7-17/h3-7,12-14,16,18-19,23-24H,8-11,15H2,1-2H3,(H,30,35)(H,31,36). The second-order valence-corrected chi connectivity index (χ2v) is 10.3. The van der Waals surface area contributed by atoms with Gasteiger partial charge in [-0.15, -0.1) is 10.2 Å². The van der Waals surface area contributed by atoms with Gasteiger partial charge in [-0.2, -0.15) is 5.10 Å². The predicted octanol–water partition coefficient (Wildman–Crippen LogP) is 4.61. The monoisotopic (exact) mass is 538 g/mol. The van der Waals surface area contributed by atoms with Gasteiger partial charge in [0.05, 0.1) is 25.0 Å². The summed E-state index contributed by atoms with van der Waals surface area (Å²) < 4.78 is 12.4. The third-order valence-corrected chi connectivity index (χ3v) is 7.34. The first-order valence-electron chi connectivity index (χ1n) is 12.8. The number of carbonyl (C=O) groups is 2. The van der Waals surface area contributed by atoms with Gasteiger partial charge in [0.1, 0.15) is 12.6 Å². The number of nitrogens with one attached hydrogen (secondary N) is 2. The maximum Gasteiger partial charge on any atom is 0.408 e. The largest absolute Gasteiger partial charge is 0.480 e. The van der Waals surface area contributed by atoms with Crippen LogP contribution >= 0.6 is 11.6 Å². The summed E-state index contributed by atoms with van der Waals surface area (Å²) in [5.74, 6) is 1.03. The average Bonchev–Trinajstić information content (AvgIpc) is 3.87. The van der Waals surface area contributed by atoms with Crippen molar-refractivity contribution in [3.63, 3.8) is 0 Å². The van der Waals surface area contributed by atoms with Gasteiger partial charge in [-0.1, -0.05) is 41.9 Å². The Morgan fingerprint density at radius 2 is 1.84 bits per heavy atom. The molecule has 2 aliphatic rings. The lowest BCUT2D eigenvalue weighted by Gasteiger charge is -2.27. The van der Waals surface area contributed by atoms with Gasteiger partial charge in [-0.3, -0.25) is 9.48 Å². The fourth-order valence-corrected chi connectivity index (χ4v) is 5.08. The van der Waals surface area contributed by atoms with Gasteiger partial charge < -0.3 is 20.1 Å². The van der Waals surface area contributed by atoms with Crippen LogP contribution in [0.2, 0.25) is 5.15 Å². The number of hydrogen-bond acceptors (Lipinski definition) is 7. The van der Waals surface area contributed by atoms with Gasteiger partial charge in [0, 0.05) is 11.8 Å². The van der Waals surface area contributed by atoms with Gasteiger partial charge in [-0.25, -0.2) is 4.79 Å². The maximum absolute atomic E-state index is 13.5. The van der Waals surface area contributed by atoms with Crippen LogP contribution in [0.3, 0.4) is 0 Å². The Morgan fingerprint density at radius 3 is 2.50 bits per heavy atom. The second kappa shape index (κ2) is 11.4. The molecule has 2 atom stereocenters. The van der Waals surface area contributed by atoms with E-state index in [0.29, 0.717) is 29.0 Å². The highest BCUT2D eigenvalue weighted by molar-refractivity contribution is 6.29. The summed E-state index contributed by atoms with van der Waals surface area (Å²) in [5.41, 5.74) is 2.11. The molecule has 11 heteroatoms. The van der Waals surface area contributed by atoms with E-state index in [-0.39, 0.29) is 29.6 Å². The van der Waals surface area contributed by atoms with E-state index in [4.69, 9.17) is 21.1 Å². The Morgan fingerprint density at radius 1 is 1.13 bits per heavy atom. The number of nitrogens with zero attached hydrogens (tertiary/aromatic N) is 4. The second-order valence-electron chi connectivity index (χ2n) is 9.94. The molecule has 2 heterocycles. The molecule has 2 fully saturated rings. The van der Waals surface area contributed by atoms with Gasteiger partial charge >= 0.3 is 6.09 Å². The number of alkyl carbamates (subject to hydrolysis) is 1. The van der Waals surface area contributed by atoms with Gasteiger partial charge in [0.25, 0.3) is 0 Å². The Balaban J connectivity index is 1.28. The van der Waals surface area contributed by atoms with E-state index < -0.39 is 12.1 Å². The molecule has 200 valence electrons. The summed E-state index contributed by atoms with van der Waals surface area (Å²) in [6, 6.07) is 10.2. The summed E-state index contributed by atoms with van der Waals surface area (Å²) in [5, 5.41) is 18.3. The number of amides is 2. The smallest absolute Gasteiger partial charge is 0.408 e. The third-order valence-electron chi connectivity index (χ3n) is 7.15. The molecule has 0 radical (unpaired) electrons. The zero-order valence-electron chi connectivity index (χ0n) is 21.3. The first kappa shape index (κ1) is 26.0. The van der Waals surface area contributed by atoms with Crippen molar-refractivity contribution in [1.82, 2.24) is 25.3 Å². The van der Waals surface area contributed by atoms with Crippen molar-refractivity contribution < 1.29 is 19.1 Å². The highest BCUT2D eigenvalue weighted by Crippen LogP contribution is 2.50. The molecular weight excluding hydrogens is 508 g/mol. The SMILES string of the molecule is COc1nnc(Cl)cc1C(C)n1cc(NC(=O)C(NC(=O)OCc2ccccc2)C(C2CC2)C2CC2)cn1. The fourth-order valence-electron chi connectivity index (χ4n) is 4.92. The number of rotatable bonds is 11. The summed E-state index contributed by atoms with van der Waals surface area (Å²) >= 11 is 6.04. The van der Waals surface area contributed by atoms with Crippen LogP contribution < -0.4 is 15.4 Å². The van der Waals surface area contributed by atoms with E-state index >= 15 is 0 Å². The van der Waals surface area contributed by atoms with E-state index in [0.717, 1.165) is 31.2 Å². The van der Waals surface area contributed by atoms with Crippen molar-refractivity contribution in [3.05, 3.63) is 65.1 Å². The summed E-state index contributed by atoms with van der Waals surface area (Å²) in [4.78, 5) is 26.3. The summed E-state index contributed by atoms with van der Waals surface area (Å²) in [6.45, 7) is 2.05. The van der Waals surface area contributed by atoms with Crippen LogP contribution in [-0.4, -0.2) is 45.1 Å². The molecule has 0 aliphatic heterocycles. The Bertz CT molecular complexity index is 1270. The minimum absolute atomic E-state index is 0.0857. The topological polar surface area (TPSA) is 120 Å². The molecule has 2 aromatic heterocycles. The third kappa shape index (κ3) is 6.24. The molecule has 2 unspecified atom stereocenters. The Hall–Kier alpha value is -3.66. The van der Waals surface area contributed by atoms with Crippen LogP contribution in [0.5, 0.6) is 5.88 Å². The molecule has 1 aromatic carbocycles. The molecule has 3 aromatic rings. The molecule has 5 rings (SSSR count). The average molecular weight is 539 g/mol. The zero-order chi connectivity index (χ0) is 26.6. The lowest BCUT2D eigenvalue weighted by molar-refractivity contribution is -0.119. The van der Waals surface area contributed by atoms with Crippen molar-refractivity contribution in [2.75, 3.05) is 12.4 Å². The number of anilines is 1. The molecular formula is C27H31ClN6O4.